The van der Waals surface area contributed by atoms with E-state index in [2.05, 4.69) is 20.8 Å². The van der Waals surface area contributed by atoms with Crippen molar-refractivity contribution in [1.29, 1.82) is 0 Å². The van der Waals surface area contributed by atoms with Crippen molar-refractivity contribution >= 4 is 11.8 Å². The lowest BCUT2D eigenvalue weighted by atomic mass is 10.2. The Bertz CT molecular complexity index is 54.5. The number of hydrogen-bond acceptors (Lipinski definition) is 2. The molecule has 2 heteroatoms. The zero-order valence-electron chi connectivity index (χ0n) is 5.72. The van der Waals surface area contributed by atoms with Crippen molar-refractivity contribution in [3.8, 4) is 0 Å². The van der Waals surface area contributed by atoms with Gasteiger partial charge in [0.05, 0.1) is 5.94 Å². The average Bonchev–Trinajstić information content (AvgIpc) is 1.67. The summed E-state index contributed by atoms with van der Waals surface area (Å²) in [6.45, 7) is 6.45. The Morgan fingerprint density at radius 2 is 1.88 bits per heavy atom. The summed E-state index contributed by atoms with van der Waals surface area (Å²) in [5.74, 6) is 0.923. The summed E-state index contributed by atoms with van der Waals surface area (Å²) in [7, 11) is 0. The maximum Gasteiger partial charge on any atom is 0.0888 e. The molecule has 0 aliphatic heterocycles. The van der Waals surface area contributed by atoms with E-state index in [1.165, 1.54) is 0 Å². The first-order chi connectivity index (χ1) is 3.68. The highest BCUT2D eigenvalue weighted by molar-refractivity contribution is 7.99. The molecule has 0 saturated heterocycles. The molecule has 1 atom stereocenters. The van der Waals surface area contributed by atoms with Gasteiger partial charge in [0.15, 0.2) is 0 Å². The smallest absolute Gasteiger partial charge is 0.0888 e. The van der Waals surface area contributed by atoms with E-state index in [0.29, 0.717) is 11.2 Å². The average molecular weight is 134 g/mol. The summed E-state index contributed by atoms with van der Waals surface area (Å²) in [5, 5.41) is 9.03. The van der Waals surface area contributed by atoms with Gasteiger partial charge < -0.3 is 5.11 Å². The first kappa shape index (κ1) is 8.31. The molecule has 0 aromatic heterocycles. The van der Waals surface area contributed by atoms with Crippen LogP contribution >= 0.6 is 11.8 Å². The minimum atomic E-state index is 0.249. The van der Waals surface area contributed by atoms with Crippen LogP contribution in [0.5, 0.6) is 0 Å². The molecule has 0 spiro atoms. The molecule has 0 aromatic rings. The van der Waals surface area contributed by atoms with E-state index in [1.54, 1.807) is 11.8 Å². The minimum absolute atomic E-state index is 0.249. The molecular weight excluding hydrogens is 120 g/mol. The standard InChI is InChI=1S/C6H14OS/c1-5(2)6(3)8-4-7/h5-7H,4H2,1-3H3. The van der Waals surface area contributed by atoms with E-state index in [0.717, 1.165) is 0 Å². The lowest BCUT2D eigenvalue weighted by molar-refractivity contribution is 0.373. The van der Waals surface area contributed by atoms with Crippen LogP contribution in [-0.2, 0) is 0 Å². The van der Waals surface area contributed by atoms with Crippen molar-refractivity contribution in [1.82, 2.24) is 0 Å². The zero-order chi connectivity index (χ0) is 6.57. The van der Waals surface area contributed by atoms with Crippen LogP contribution < -0.4 is 0 Å². The van der Waals surface area contributed by atoms with Crippen LogP contribution in [0.3, 0.4) is 0 Å². The molecule has 0 fully saturated rings. The van der Waals surface area contributed by atoms with Gasteiger partial charge >= 0.3 is 0 Å². The van der Waals surface area contributed by atoms with Crippen LogP contribution in [0.2, 0.25) is 0 Å². The molecular formula is C6H14OS. The van der Waals surface area contributed by atoms with E-state index in [1.807, 2.05) is 0 Å². The topological polar surface area (TPSA) is 20.2 Å². The molecule has 0 heterocycles. The maximum absolute atomic E-state index is 8.45. The van der Waals surface area contributed by atoms with Crippen molar-refractivity contribution in [2.24, 2.45) is 5.92 Å². The Labute approximate surface area is 55.5 Å². The van der Waals surface area contributed by atoms with Crippen LogP contribution in [0.15, 0.2) is 0 Å². The van der Waals surface area contributed by atoms with Crippen LogP contribution in [0.4, 0.5) is 0 Å². The van der Waals surface area contributed by atoms with E-state index < -0.39 is 0 Å². The summed E-state index contributed by atoms with van der Waals surface area (Å²) in [6, 6.07) is 0. The third-order valence-electron chi connectivity index (χ3n) is 1.28. The molecule has 1 unspecified atom stereocenters. The molecule has 0 aliphatic rings. The Morgan fingerprint density at radius 1 is 1.38 bits per heavy atom. The van der Waals surface area contributed by atoms with Crippen LogP contribution in [-0.4, -0.2) is 16.3 Å². The van der Waals surface area contributed by atoms with Crippen LogP contribution in [0.1, 0.15) is 20.8 Å². The lowest BCUT2D eigenvalue weighted by Gasteiger charge is -2.11. The molecule has 0 amide bonds. The Hall–Kier alpha value is 0.310. The highest BCUT2D eigenvalue weighted by atomic mass is 32.2. The lowest BCUT2D eigenvalue weighted by Crippen LogP contribution is -2.05. The number of aliphatic hydroxyl groups excluding tert-OH is 1. The van der Waals surface area contributed by atoms with Gasteiger partial charge in [0.25, 0.3) is 0 Å². The van der Waals surface area contributed by atoms with Gasteiger partial charge in [-0.15, -0.1) is 11.8 Å². The van der Waals surface area contributed by atoms with Crippen molar-refractivity contribution in [3.05, 3.63) is 0 Å². The van der Waals surface area contributed by atoms with Crippen LogP contribution in [0, 0.1) is 5.92 Å². The van der Waals surface area contributed by atoms with Gasteiger partial charge in [-0.05, 0) is 5.92 Å². The summed E-state index contributed by atoms with van der Waals surface area (Å²) in [5.41, 5.74) is 0. The van der Waals surface area contributed by atoms with Gasteiger partial charge in [-0.1, -0.05) is 20.8 Å². The van der Waals surface area contributed by atoms with Crippen LogP contribution in [0.25, 0.3) is 0 Å². The van der Waals surface area contributed by atoms with Gasteiger partial charge in [0.2, 0.25) is 0 Å². The molecule has 1 N–H and O–H groups in total. The van der Waals surface area contributed by atoms with Gasteiger partial charge in [-0.25, -0.2) is 0 Å². The normalized spacial score (nSPS) is 14.6. The highest BCUT2D eigenvalue weighted by Gasteiger charge is 2.04. The molecule has 8 heavy (non-hydrogen) atoms. The van der Waals surface area contributed by atoms with Crippen molar-refractivity contribution in [2.45, 2.75) is 26.0 Å². The largest absolute Gasteiger partial charge is 0.386 e. The predicted octanol–water partition coefficient (Wildman–Crippen LogP) is 1.71. The van der Waals surface area contributed by atoms with E-state index in [9.17, 15) is 0 Å². The molecule has 0 bridgehead atoms. The van der Waals surface area contributed by atoms with Gasteiger partial charge in [0.1, 0.15) is 0 Å². The molecule has 50 valence electrons. The fraction of sp³-hybridized carbons (Fsp3) is 1.00. The second kappa shape index (κ2) is 4.21. The third kappa shape index (κ3) is 3.33. The molecule has 0 rings (SSSR count). The zero-order valence-corrected chi connectivity index (χ0v) is 6.53. The maximum atomic E-state index is 8.45. The molecule has 0 radical (unpaired) electrons. The van der Waals surface area contributed by atoms with Crippen molar-refractivity contribution in [2.75, 3.05) is 5.94 Å². The Morgan fingerprint density at radius 3 is 2.00 bits per heavy atom. The number of rotatable bonds is 3. The first-order valence-electron chi connectivity index (χ1n) is 2.91. The molecule has 0 aliphatic carbocycles. The predicted molar refractivity (Wildman–Crippen MR) is 39.0 cm³/mol. The van der Waals surface area contributed by atoms with Gasteiger partial charge in [-0.2, -0.15) is 0 Å². The monoisotopic (exact) mass is 134 g/mol. The van der Waals surface area contributed by atoms with E-state index >= 15 is 0 Å². The quantitative estimate of drug-likeness (QED) is 0.593. The number of thioether (sulfide) groups is 1. The number of hydrogen-bond donors (Lipinski definition) is 1. The van der Waals surface area contributed by atoms with E-state index in [4.69, 9.17) is 5.11 Å². The summed E-state index contributed by atoms with van der Waals surface area (Å²) < 4.78 is 0. The Balaban J connectivity index is 3.17. The molecule has 0 saturated carbocycles. The highest BCUT2D eigenvalue weighted by Crippen LogP contribution is 2.16. The fourth-order valence-electron chi connectivity index (χ4n) is 0.310. The SMILES string of the molecule is CC(C)C(C)SCO. The summed E-state index contributed by atoms with van der Waals surface area (Å²) >= 11 is 1.59. The fourth-order valence-corrected chi connectivity index (χ4v) is 0.930. The van der Waals surface area contributed by atoms with Crippen molar-refractivity contribution < 1.29 is 5.11 Å². The number of aliphatic hydroxyl groups is 1. The third-order valence-corrected chi connectivity index (χ3v) is 2.50. The van der Waals surface area contributed by atoms with Gasteiger partial charge in [0, 0.05) is 5.25 Å². The molecule has 1 nitrogen and oxygen atoms in total. The van der Waals surface area contributed by atoms with Gasteiger partial charge in [-0.3, -0.25) is 0 Å². The Kier molecular flexibility index (Phi) is 4.38. The van der Waals surface area contributed by atoms with Crippen molar-refractivity contribution in [3.63, 3.8) is 0 Å². The molecule has 0 aromatic carbocycles. The first-order valence-corrected chi connectivity index (χ1v) is 3.95. The second-order valence-corrected chi connectivity index (χ2v) is 3.58. The summed E-state index contributed by atoms with van der Waals surface area (Å²) in [6.07, 6.45) is 0. The minimum Gasteiger partial charge on any atom is -0.386 e. The van der Waals surface area contributed by atoms with E-state index in [-0.39, 0.29) is 5.94 Å². The summed E-state index contributed by atoms with van der Waals surface area (Å²) in [4.78, 5) is 0. The second-order valence-electron chi connectivity index (χ2n) is 2.24.